The molecular formula is C21H26FNO4. The van der Waals surface area contributed by atoms with Crippen LogP contribution in [0.15, 0.2) is 42.5 Å². The molecule has 146 valence electrons. The second kappa shape index (κ2) is 9.92. The maximum atomic E-state index is 13.0. The van der Waals surface area contributed by atoms with Crippen molar-refractivity contribution in [2.24, 2.45) is 5.92 Å². The summed E-state index contributed by atoms with van der Waals surface area (Å²) >= 11 is 0. The number of nitrogens with one attached hydrogen (secondary N) is 1. The van der Waals surface area contributed by atoms with Gasteiger partial charge < -0.3 is 19.9 Å². The van der Waals surface area contributed by atoms with Crippen molar-refractivity contribution in [1.82, 2.24) is 5.32 Å². The number of hydrogen-bond acceptors (Lipinski definition) is 4. The van der Waals surface area contributed by atoms with Gasteiger partial charge in [0.2, 0.25) is 0 Å². The highest BCUT2D eigenvalue weighted by Crippen LogP contribution is 2.32. The average molecular weight is 375 g/mol. The van der Waals surface area contributed by atoms with Crippen molar-refractivity contribution in [2.45, 2.75) is 39.5 Å². The molecule has 0 heterocycles. The molecule has 1 atom stereocenters. The van der Waals surface area contributed by atoms with Gasteiger partial charge in [0.05, 0.1) is 7.11 Å². The molecule has 0 aliphatic heterocycles. The number of para-hydroxylation sites is 1. The number of rotatable bonds is 10. The zero-order chi connectivity index (χ0) is 19.8. The van der Waals surface area contributed by atoms with E-state index in [9.17, 15) is 14.3 Å². The molecule has 2 N–H and O–H groups in total. The zero-order valence-electron chi connectivity index (χ0n) is 15.9. The highest BCUT2D eigenvalue weighted by atomic mass is 19.1. The molecule has 0 amide bonds. The maximum Gasteiger partial charge on any atom is 0.320 e. The SMILES string of the molecule is COc1cccc(CNC(CC(C)C)C(=O)O)c1OCc1ccc(F)cc1. The van der Waals surface area contributed by atoms with Gasteiger partial charge in [-0.15, -0.1) is 0 Å². The minimum absolute atomic E-state index is 0.252. The van der Waals surface area contributed by atoms with Gasteiger partial charge in [-0.2, -0.15) is 0 Å². The van der Waals surface area contributed by atoms with Crippen LogP contribution in [0.5, 0.6) is 11.5 Å². The van der Waals surface area contributed by atoms with Crippen LogP contribution in [-0.2, 0) is 17.9 Å². The molecular weight excluding hydrogens is 349 g/mol. The summed E-state index contributed by atoms with van der Waals surface area (Å²) in [6.45, 7) is 4.56. The lowest BCUT2D eigenvalue weighted by Crippen LogP contribution is -2.37. The van der Waals surface area contributed by atoms with Crippen molar-refractivity contribution in [3.63, 3.8) is 0 Å². The van der Waals surface area contributed by atoms with E-state index in [0.29, 0.717) is 24.5 Å². The van der Waals surface area contributed by atoms with Gasteiger partial charge in [-0.25, -0.2) is 4.39 Å². The van der Waals surface area contributed by atoms with Crippen LogP contribution >= 0.6 is 0 Å². The molecule has 0 bridgehead atoms. The second-order valence-electron chi connectivity index (χ2n) is 6.76. The lowest BCUT2D eigenvalue weighted by Gasteiger charge is -2.19. The Morgan fingerprint density at radius 3 is 2.48 bits per heavy atom. The Morgan fingerprint density at radius 2 is 1.89 bits per heavy atom. The first-order valence-corrected chi connectivity index (χ1v) is 8.90. The Hall–Kier alpha value is -2.60. The number of methoxy groups -OCH3 is 1. The first-order valence-electron chi connectivity index (χ1n) is 8.90. The standard InChI is InChI=1S/C21H26FNO4/c1-14(2)11-18(21(24)25)23-12-16-5-4-6-19(26-3)20(16)27-13-15-7-9-17(22)10-8-15/h4-10,14,18,23H,11-13H2,1-3H3,(H,24,25). The molecule has 2 aromatic carbocycles. The van der Waals surface area contributed by atoms with Crippen molar-refractivity contribution in [1.29, 1.82) is 0 Å². The minimum Gasteiger partial charge on any atom is -0.493 e. The van der Waals surface area contributed by atoms with Crippen LogP contribution < -0.4 is 14.8 Å². The fraction of sp³-hybridized carbons (Fsp3) is 0.381. The second-order valence-corrected chi connectivity index (χ2v) is 6.76. The predicted molar refractivity (Wildman–Crippen MR) is 101 cm³/mol. The molecule has 0 saturated heterocycles. The summed E-state index contributed by atoms with van der Waals surface area (Å²) < 4.78 is 24.4. The monoisotopic (exact) mass is 375 g/mol. The van der Waals surface area contributed by atoms with Gasteiger partial charge in [0, 0.05) is 12.1 Å². The van der Waals surface area contributed by atoms with Crippen molar-refractivity contribution < 1.29 is 23.8 Å². The molecule has 0 aliphatic carbocycles. The molecule has 1 unspecified atom stereocenters. The van der Waals surface area contributed by atoms with E-state index < -0.39 is 12.0 Å². The van der Waals surface area contributed by atoms with Crippen molar-refractivity contribution in [3.05, 3.63) is 59.4 Å². The number of halogens is 1. The fourth-order valence-corrected chi connectivity index (χ4v) is 2.74. The molecule has 2 rings (SSSR count). The molecule has 0 aliphatic rings. The predicted octanol–water partition coefficient (Wildman–Crippen LogP) is 4.00. The number of benzene rings is 2. The van der Waals surface area contributed by atoms with Crippen LogP contribution in [-0.4, -0.2) is 24.2 Å². The normalized spacial score (nSPS) is 12.0. The minimum atomic E-state index is -0.875. The Kier molecular flexibility index (Phi) is 7.61. The number of aliphatic carboxylic acids is 1. The Balaban J connectivity index is 2.13. The van der Waals surface area contributed by atoms with Gasteiger partial charge in [-0.3, -0.25) is 4.79 Å². The van der Waals surface area contributed by atoms with Crippen LogP contribution in [0.25, 0.3) is 0 Å². The van der Waals surface area contributed by atoms with Crippen molar-refractivity contribution in [3.8, 4) is 11.5 Å². The summed E-state index contributed by atoms with van der Waals surface area (Å²) in [7, 11) is 1.55. The van der Waals surface area contributed by atoms with E-state index in [2.05, 4.69) is 5.32 Å². The van der Waals surface area contributed by atoms with Crippen LogP contribution in [0.4, 0.5) is 4.39 Å². The van der Waals surface area contributed by atoms with Gasteiger partial charge >= 0.3 is 5.97 Å². The molecule has 0 spiro atoms. The van der Waals surface area contributed by atoms with E-state index in [1.807, 2.05) is 26.0 Å². The lowest BCUT2D eigenvalue weighted by molar-refractivity contribution is -0.140. The molecule has 0 aromatic heterocycles. The van der Waals surface area contributed by atoms with Crippen LogP contribution in [0.1, 0.15) is 31.4 Å². The number of ether oxygens (including phenoxy) is 2. The number of carbonyl (C=O) groups is 1. The van der Waals surface area contributed by atoms with Gasteiger partial charge in [-0.05, 0) is 36.1 Å². The van der Waals surface area contributed by atoms with Gasteiger partial charge in [0.1, 0.15) is 18.5 Å². The van der Waals surface area contributed by atoms with E-state index in [4.69, 9.17) is 9.47 Å². The first-order chi connectivity index (χ1) is 12.9. The summed E-state index contributed by atoms with van der Waals surface area (Å²) in [5.41, 5.74) is 1.62. The summed E-state index contributed by atoms with van der Waals surface area (Å²) in [6.07, 6.45) is 0.533. The van der Waals surface area contributed by atoms with Crippen LogP contribution in [0.3, 0.4) is 0 Å². The first kappa shape index (κ1) is 20.7. The number of carboxylic acids is 1. The molecule has 2 aromatic rings. The zero-order valence-corrected chi connectivity index (χ0v) is 15.9. The molecule has 5 nitrogen and oxygen atoms in total. The molecule has 0 fully saturated rings. The summed E-state index contributed by atoms with van der Waals surface area (Å²) in [4.78, 5) is 11.5. The van der Waals surface area contributed by atoms with Crippen molar-refractivity contribution >= 4 is 5.97 Å². The highest BCUT2D eigenvalue weighted by Gasteiger charge is 2.19. The molecule has 0 saturated carbocycles. The summed E-state index contributed by atoms with van der Waals surface area (Å²) in [6, 6.07) is 10.9. The van der Waals surface area contributed by atoms with E-state index >= 15 is 0 Å². The summed E-state index contributed by atoms with van der Waals surface area (Å²) in [5, 5.41) is 12.5. The fourth-order valence-electron chi connectivity index (χ4n) is 2.74. The van der Waals surface area contributed by atoms with Crippen LogP contribution in [0, 0.1) is 11.7 Å². The third-order valence-electron chi connectivity index (χ3n) is 4.12. The van der Waals surface area contributed by atoms with Gasteiger partial charge in [-0.1, -0.05) is 38.1 Å². The van der Waals surface area contributed by atoms with Gasteiger partial charge in [0.15, 0.2) is 11.5 Å². The van der Waals surface area contributed by atoms with E-state index in [0.717, 1.165) is 11.1 Å². The third kappa shape index (κ3) is 6.25. The maximum absolute atomic E-state index is 13.0. The molecule has 27 heavy (non-hydrogen) atoms. The highest BCUT2D eigenvalue weighted by molar-refractivity contribution is 5.73. The van der Waals surface area contributed by atoms with E-state index in [1.54, 1.807) is 25.3 Å². The van der Waals surface area contributed by atoms with E-state index in [-0.39, 0.29) is 18.3 Å². The summed E-state index contributed by atoms with van der Waals surface area (Å²) in [5.74, 6) is 0.196. The van der Waals surface area contributed by atoms with Crippen LogP contribution in [0.2, 0.25) is 0 Å². The molecule has 6 heteroatoms. The van der Waals surface area contributed by atoms with E-state index in [1.165, 1.54) is 12.1 Å². The number of hydrogen-bond donors (Lipinski definition) is 2. The van der Waals surface area contributed by atoms with Crippen molar-refractivity contribution in [2.75, 3.05) is 7.11 Å². The largest absolute Gasteiger partial charge is 0.493 e. The third-order valence-corrected chi connectivity index (χ3v) is 4.12. The Labute approximate surface area is 159 Å². The molecule has 0 radical (unpaired) electrons. The topological polar surface area (TPSA) is 67.8 Å². The lowest BCUT2D eigenvalue weighted by atomic mass is 10.0. The quantitative estimate of drug-likeness (QED) is 0.657. The van der Waals surface area contributed by atoms with Gasteiger partial charge in [0.25, 0.3) is 0 Å². The number of carboxylic acid groups (broad SMARTS) is 1. The smallest absolute Gasteiger partial charge is 0.320 e. The Morgan fingerprint density at radius 1 is 1.19 bits per heavy atom. The average Bonchev–Trinajstić information content (AvgIpc) is 2.64. The Bertz CT molecular complexity index is 746.